The average Bonchev–Trinajstić information content (AvgIpc) is 2.37. The quantitative estimate of drug-likeness (QED) is 0.772. The van der Waals surface area contributed by atoms with Gasteiger partial charge in [-0.1, -0.05) is 0 Å². The summed E-state index contributed by atoms with van der Waals surface area (Å²) < 4.78 is 31.8. The molecule has 1 fully saturated rings. The van der Waals surface area contributed by atoms with Gasteiger partial charge in [0.05, 0.1) is 12.7 Å². The van der Waals surface area contributed by atoms with E-state index in [2.05, 4.69) is 4.90 Å². The normalized spacial score (nSPS) is 17.8. The number of likely N-dealkylation sites (tertiary alicyclic amines) is 1. The van der Waals surface area contributed by atoms with E-state index in [4.69, 9.17) is 16.3 Å². The molecule has 0 bridgehead atoms. The van der Waals surface area contributed by atoms with Crippen molar-refractivity contribution in [3.05, 3.63) is 35.4 Å². The molecule has 2 rings (SSSR count). The Kier molecular flexibility index (Phi) is 5.55. The molecule has 0 radical (unpaired) electrons. The summed E-state index contributed by atoms with van der Waals surface area (Å²) in [5.74, 6) is -0.520. The zero-order chi connectivity index (χ0) is 13.7. The molecule has 1 saturated heterocycles. The molecule has 2 nitrogen and oxygen atoms in total. The van der Waals surface area contributed by atoms with Crippen molar-refractivity contribution in [1.29, 1.82) is 0 Å². The van der Waals surface area contributed by atoms with Crippen molar-refractivity contribution >= 4 is 11.6 Å². The predicted molar refractivity (Wildman–Crippen MR) is 71.3 cm³/mol. The number of hydrogen-bond acceptors (Lipinski definition) is 2. The van der Waals surface area contributed by atoms with E-state index in [1.54, 1.807) is 0 Å². The summed E-state index contributed by atoms with van der Waals surface area (Å²) in [7, 11) is 0. The van der Waals surface area contributed by atoms with Crippen LogP contribution in [-0.2, 0) is 11.3 Å². The molecule has 5 heteroatoms. The Morgan fingerprint density at radius 1 is 1.16 bits per heavy atom. The summed E-state index contributed by atoms with van der Waals surface area (Å²) in [6.07, 6.45) is 2.14. The van der Waals surface area contributed by atoms with E-state index in [1.807, 2.05) is 0 Å². The Hall–Kier alpha value is -0.710. The average molecular weight is 290 g/mol. The van der Waals surface area contributed by atoms with Gasteiger partial charge in [-0.25, -0.2) is 8.78 Å². The van der Waals surface area contributed by atoms with Gasteiger partial charge in [0, 0.05) is 31.6 Å². The van der Waals surface area contributed by atoms with Crippen molar-refractivity contribution in [3.63, 3.8) is 0 Å². The van der Waals surface area contributed by atoms with Crippen LogP contribution in [0.5, 0.6) is 0 Å². The third-order valence-corrected chi connectivity index (χ3v) is 3.45. The maximum absolute atomic E-state index is 13.1. The fourth-order valence-corrected chi connectivity index (χ4v) is 2.49. The van der Waals surface area contributed by atoms with Gasteiger partial charge < -0.3 is 4.74 Å². The molecule has 1 aliphatic heterocycles. The highest BCUT2D eigenvalue weighted by molar-refractivity contribution is 6.17. The first-order valence-corrected chi connectivity index (χ1v) is 7.05. The second kappa shape index (κ2) is 7.17. The van der Waals surface area contributed by atoms with E-state index in [0.29, 0.717) is 24.6 Å². The van der Waals surface area contributed by atoms with E-state index >= 15 is 0 Å². The molecule has 0 N–H and O–H groups in total. The minimum absolute atomic E-state index is 0.263. The van der Waals surface area contributed by atoms with Gasteiger partial charge in [0.25, 0.3) is 0 Å². The van der Waals surface area contributed by atoms with Crippen LogP contribution in [0.15, 0.2) is 18.2 Å². The number of hydrogen-bond donors (Lipinski definition) is 0. The van der Waals surface area contributed by atoms with Gasteiger partial charge in [0.2, 0.25) is 0 Å². The van der Waals surface area contributed by atoms with Crippen molar-refractivity contribution in [2.24, 2.45) is 0 Å². The largest absolute Gasteiger partial charge is 0.377 e. The molecule has 0 aromatic heterocycles. The number of benzene rings is 1. The Bertz CT molecular complexity index is 388. The van der Waals surface area contributed by atoms with Gasteiger partial charge in [-0.2, -0.15) is 0 Å². The summed E-state index contributed by atoms with van der Waals surface area (Å²) in [5.41, 5.74) is 0.678. The fourth-order valence-electron chi connectivity index (χ4n) is 2.41. The summed E-state index contributed by atoms with van der Waals surface area (Å²) in [6, 6.07) is 3.67. The summed E-state index contributed by atoms with van der Waals surface area (Å²) in [5, 5.41) is 0. The second-order valence-corrected chi connectivity index (χ2v) is 5.19. The summed E-state index contributed by atoms with van der Waals surface area (Å²) in [6.45, 7) is 2.93. The van der Waals surface area contributed by atoms with Crippen LogP contribution in [0.1, 0.15) is 18.4 Å². The Morgan fingerprint density at radius 2 is 1.79 bits per heavy atom. The van der Waals surface area contributed by atoms with Crippen LogP contribution in [-0.4, -0.2) is 36.6 Å². The number of nitrogens with zero attached hydrogens (tertiary/aromatic N) is 1. The van der Waals surface area contributed by atoms with Crippen LogP contribution in [0.25, 0.3) is 0 Å². The highest BCUT2D eigenvalue weighted by Gasteiger charge is 2.19. The zero-order valence-corrected chi connectivity index (χ0v) is 11.5. The first-order chi connectivity index (χ1) is 9.17. The molecule has 0 spiro atoms. The summed E-state index contributed by atoms with van der Waals surface area (Å²) in [4.78, 5) is 2.19. The van der Waals surface area contributed by atoms with Crippen LogP contribution in [0.2, 0.25) is 0 Å². The van der Waals surface area contributed by atoms with Crippen LogP contribution >= 0.6 is 11.6 Å². The minimum Gasteiger partial charge on any atom is -0.377 e. The van der Waals surface area contributed by atoms with Gasteiger partial charge in [0.1, 0.15) is 11.6 Å². The van der Waals surface area contributed by atoms with E-state index < -0.39 is 11.6 Å². The standard InChI is InChI=1S/C14H18ClF2NO/c15-3-6-19-14-1-4-18(5-2-14)10-11-7-12(16)9-13(17)8-11/h7-9,14H,1-6,10H2. The number of alkyl halides is 1. The lowest BCUT2D eigenvalue weighted by atomic mass is 10.1. The SMILES string of the molecule is Fc1cc(F)cc(CN2CCC(OCCCl)CC2)c1. The number of rotatable bonds is 5. The van der Waals surface area contributed by atoms with Gasteiger partial charge in [-0.3, -0.25) is 4.90 Å². The predicted octanol–water partition coefficient (Wildman–Crippen LogP) is 3.18. The van der Waals surface area contributed by atoms with Crippen LogP contribution in [0, 0.1) is 11.6 Å². The lowest BCUT2D eigenvalue weighted by Crippen LogP contribution is -2.36. The zero-order valence-electron chi connectivity index (χ0n) is 10.7. The van der Waals surface area contributed by atoms with Crippen LogP contribution < -0.4 is 0 Å². The smallest absolute Gasteiger partial charge is 0.126 e. The van der Waals surface area contributed by atoms with Crippen LogP contribution in [0.4, 0.5) is 8.78 Å². The minimum atomic E-state index is -0.518. The Morgan fingerprint density at radius 3 is 2.37 bits per heavy atom. The van der Waals surface area contributed by atoms with Gasteiger partial charge in [-0.15, -0.1) is 11.6 Å². The first kappa shape index (κ1) is 14.7. The van der Waals surface area contributed by atoms with Crippen LogP contribution in [0.3, 0.4) is 0 Å². The molecule has 1 heterocycles. The van der Waals surface area contributed by atoms with Crippen molar-refractivity contribution in [3.8, 4) is 0 Å². The monoisotopic (exact) mass is 289 g/mol. The van der Waals surface area contributed by atoms with Crippen molar-refractivity contribution in [1.82, 2.24) is 4.90 Å². The van der Waals surface area contributed by atoms with Crippen molar-refractivity contribution in [2.45, 2.75) is 25.5 Å². The lowest BCUT2D eigenvalue weighted by Gasteiger charge is -2.31. The molecule has 0 atom stereocenters. The number of halogens is 3. The number of piperidine rings is 1. The van der Waals surface area contributed by atoms with Crippen molar-refractivity contribution < 1.29 is 13.5 Å². The molecule has 0 aliphatic carbocycles. The molecule has 0 amide bonds. The van der Waals surface area contributed by atoms with Gasteiger partial charge in [-0.05, 0) is 30.5 Å². The second-order valence-electron chi connectivity index (χ2n) is 4.81. The molecule has 106 valence electrons. The van der Waals surface area contributed by atoms with Gasteiger partial charge >= 0.3 is 0 Å². The molecular formula is C14H18ClF2NO. The highest BCUT2D eigenvalue weighted by atomic mass is 35.5. The van der Waals surface area contributed by atoms with E-state index in [0.717, 1.165) is 32.0 Å². The molecule has 1 aromatic rings. The van der Waals surface area contributed by atoms with E-state index in [-0.39, 0.29) is 6.10 Å². The third kappa shape index (κ3) is 4.71. The van der Waals surface area contributed by atoms with E-state index in [9.17, 15) is 8.78 Å². The lowest BCUT2D eigenvalue weighted by molar-refractivity contribution is 0.0134. The topological polar surface area (TPSA) is 12.5 Å². The molecule has 1 aliphatic rings. The Balaban J connectivity index is 1.82. The molecule has 0 saturated carbocycles. The van der Waals surface area contributed by atoms with Gasteiger partial charge in [0.15, 0.2) is 0 Å². The molecule has 19 heavy (non-hydrogen) atoms. The fraction of sp³-hybridized carbons (Fsp3) is 0.571. The Labute approximate surface area is 117 Å². The first-order valence-electron chi connectivity index (χ1n) is 6.52. The van der Waals surface area contributed by atoms with Crippen molar-refractivity contribution in [2.75, 3.05) is 25.6 Å². The third-order valence-electron chi connectivity index (χ3n) is 3.29. The summed E-state index contributed by atoms with van der Waals surface area (Å²) >= 11 is 5.58. The van der Waals surface area contributed by atoms with E-state index in [1.165, 1.54) is 12.1 Å². The highest BCUT2D eigenvalue weighted by Crippen LogP contribution is 2.17. The molecular weight excluding hydrogens is 272 g/mol. The number of ether oxygens (including phenoxy) is 1. The maximum atomic E-state index is 13.1. The molecule has 1 aromatic carbocycles. The molecule has 0 unspecified atom stereocenters. The maximum Gasteiger partial charge on any atom is 0.126 e.